The number of halogens is 1. The van der Waals surface area contributed by atoms with Crippen molar-refractivity contribution in [3.63, 3.8) is 0 Å². The molecule has 5 nitrogen and oxygen atoms in total. The van der Waals surface area contributed by atoms with Crippen LogP contribution >= 0.6 is 11.6 Å². The molecule has 0 spiro atoms. The van der Waals surface area contributed by atoms with E-state index in [1.54, 1.807) is 12.3 Å². The van der Waals surface area contributed by atoms with Crippen molar-refractivity contribution in [3.05, 3.63) is 59.5 Å². The first-order chi connectivity index (χ1) is 11.7. The summed E-state index contributed by atoms with van der Waals surface area (Å²) < 4.78 is 2.01. The van der Waals surface area contributed by atoms with Crippen molar-refractivity contribution in [1.29, 1.82) is 5.26 Å². The van der Waals surface area contributed by atoms with E-state index in [2.05, 4.69) is 16.4 Å². The molecule has 0 aliphatic rings. The van der Waals surface area contributed by atoms with E-state index in [9.17, 15) is 4.79 Å². The molecule has 0 atom stereocenters. The maximum atomic E-state index is 12.3. The van der Waals surface area contributed by atoms with Crippen molar-refractivity contribution in [1.82, 2.24) is 9.55 Å². The molecule has 0 saturated heterocycles. The molecule has 1 N–H and O–H groups in total. The summed E-state index contributed by atoms with van der Waals surface area (Å²) >= 11 is 6.02. The average molecular weight is 339 g/mol. The fraction of sp³-hybridized carbons (Fsp3) is 0.167. The summed E-state index contributed by atoms with van der Waals surface area (Å²) in [4.78, 5) is 16.2. The number of aryl methyl sites for hydroxylation is 1. The number of rotatable bonds is 5. The minimum Gasteiger partial charge on any atom is -0.346 e. The van der Waals surface area contributed by atoms with Gasteiger partial charge in [-0.25, -0.2) is 0 Å². The number of carbonyl (C=O) groups excluding carboxylic acids is 1. The Balaban J connectivity index is 1.83. The van der Waals surface area contributed by atoms with E-state index >= 15 is 0 Å². The van der Waals surface area contributed by atoms with Gasteiger partial charge in [-0.15, -0.1) is 0 Å². The molecule has 2 aromatic heterocycles. The number of nitrogens with one attached hydrogen (secondary N) is 1. The van der Waals surface area contributed by atoms with E-state index in [0.717, 1.165) is 16.5 Å². The van der Waals surface area contributed by atoms with Crippen LogP contribution < -0.4 is 5.32 Å². The van der Waals surface area contributed by atoms with Gasteiger partial charge in [-0.05, 0) is 17.7 Å². The lowest BCUT2D eigenvalue weighted by Crippen LogP contribution is -2.14. The Morgan fingerprint density at radius 1 is 1.33 bits per heavy atom. The first-order valence-corrected chi connectivity index (χ1v) is 7.90. The maximum Gasteiger partial charge on any atom is 0.228 e. The highest BCUT2D eigenvalue weighted by Gasteiger charge is 2.12. The summed E-state index contributed by atoms with van der Waals surface area (Å²) in [6.45, 7) is 0.606. The fourth-order valence-corrected chi connectivity index (χ4v) is 2.83. The number of hydrogen-bond acceptors (Lipinski definition) is 3. The van der Waals surface area contributed by atoms with Gasteiger partial charge >= 0.3 is 0 Å². The second-order valence-corrected chi connectivity index (χ2v) is 5.76. The van der Waals surface area contributed by atoms with Crippen molar-refractivity contribution in [2.45, 2.75) is 19.4 Å². The van der Waals surface area contributed by atoms with Crippen LogP contribution in [0, 0.1) is 11.3 Å². The number of aromatic nitrogens is 2. The van der Waals surface area contributed by atoms with Crippen molar-refractivity contribution in [3.8, 4) is 6.07 Å². The molecule has 0 aliphatic carbocycles. The van der Waals surface area contributed by atoms with Crippen LogP contribution in [0.25, 0.3) is 10.9 Å². The molecule has 1 amide bonds. The zero-order chi connectivity index (χ0) is 16.9. The molecule has 24 heavy (non-hydrogen) atoms. The monoisotopic (exact) mass is 338 g/mol. The molecule has 3 rings (SSSR count). The number of carbonyl (C=O) groups is 1. The van der Waals surface area contributed by atoms with Crippen LogP contribution in [0.4, 0.5) is 5.69 Å². The topological polar surface area (TPSA) is 70.7 Å². The molecule has 0 unspecified atom stereocenters. The Labute approximate surface area is 144 Å². The minimum absolute atomic E-state index is 0.147. The van der Waals surface area contributed by atoms with Crippen molar-refractivity contribution in [2.75, 3.05) is 5.32 Å². The van der Waals surface area contributed by atoms with Gasteiger partial charge in [0.2, 0.25) is 5.91 Å². The predicted molar refractivity (Wildman–Crippen MR) is 93.7 cm³/mol. The standard InChI is InChI=1S/C18H15ClN4O/c19-15-11-21-8-6-16(15)22-18(24)10-13-12-23(9-3-7-20)17-5-2-1-4-14(13)17/h1-2,4-6,8,11-12H,3,9-10H2,(H,21,22,24). The van der Waals surface area contributed by atoms with Crippen molar-refractivity contribution < 1.29 is 4.79 Å². The van der Waals surface area contributed by atoms with Crippen LogP contribution in [-0.4, -0.2) is 15.5 Å². The number of nitriles is 1. The van der Waals surface area contributed by atoms with Gasteiger partial charge in [-0.2, -0.15) is 5.26 Å². The van der Waals surface area contributed by atoms with Gasteiger partial charge in [0, 0.05) is 36.0 Å². The first kappa shape index (κ1) is 16.0. The normalized spacial score (nSPS) is 10.5. The third kappa shape index (κ3) is 3.39. The van der Waals surface area contributed by atoms with Gasteiger partial charge in [0.25, 0.3) is 0 Å². The smallest absolute Gasteiger partial charge is 0.228 e. The fourth-order valence-electron chi connectivity index (χ4n) is 2.66. The van der Waals surface area contributed by atoms with E-state index in [4.69, 9.17) is 16.9 Å². The average Bonchev–Trinajstić information content (AvgIpc) is 2.93. The second-order valence-electron chi connectivity index (χ2n) is 5.35. The van der Waals surface area contributed by atoms with Crippen LogP contribution in [0.5, 0.6) is 0 Å². The summed E-state index contributed by atoms with van der Waals surface area (Å²) in [5.74, 6) is -0.147. The molecule has 120 valence electrons. The van der Waals surface area contributed by atoms with E-state index in [0.29, 0.717) is 23.7 Å². The molecule has 1 aromatic carbocycles. The molecule has 0 radical (unpaired) electrons. The second kappa shape index (κ2) is 7.16. The number of fused-ring (bicyclic) bond motifs is 1. The first-order valence-electron chi connectivity index (χ1n) is 7.52. The lowest BCUT2D eigenvalue weighted by Gasteiger charge is -2.06. The number of nitrogens with zero attached hydrogens (tertiary/aromatic N) is 3. The Morgan fingerprint density at radius 3 is 2.96 bits per heavy atom. The van der Waals surface area contributed by atoms with Crippen LogP contribution in [0.15, 0.2) is 48.9 Å². The summed E-state index contributed by atoms with van der Waals surface area (Å²) in [7, 11) is 0. The lowest BCUT2D eigenvalue weighted by atomic mass is 10.1. The van der Waals surface area contributed by atoms with Crippen LogP contribution in [0.1, 0.15) is 12.0 Å². The summed E-state index contributed by atoms with van der Waals surface area (Å²) in [5.41, 5.74) is 2.49. The van der Waals surface area contributed by atoms with Gasteiger partial charge in [0.05, 0.1) is 29.6 Å². The molecular formula is C18H15ClN4O. The van der Waals surface area contributed by atoms with Crippen LogP contribution in [-0.2, 0) is 17.8 Å². The largest absolute Gasteiger partial charge is 0.346 e. The molecule has 6 heteroatoms. The van der Waals surface area contributed by atoms with Gasteiger partial charge in [0.15, 0.2) is 0 Å². The molecule has 0 aliphatic heterocycles. The lowest BCUT2D eigenvalue weighted by molar-refractivity contribution is -0.115. The van der Waals surface area contributed by atoms with E-state index in [1.165, 1.54) is 6.20 Å². The molecule has 0 bridgehead atoms. The van der Waals surface area contributed by atoms with E-state index in [1.807, 2.05) is 35.0 Å². The maximum absolute atomic E-state index is 12.3. The quantitative estimate of drug-likeness (QED) is 0.769. The Bertz CT molecular complexity index is 926. The van der Waals surface area contributed by atoms with Crippen molar-refractivity contribution >= 4 is 34.1 Å². The van der Waals surface area contributed by atoms with Crippen molar-refractivity contribution in [2.24, 2.45) is 0 Å². The predicted octanol–water partition coefficient (Wildman–Crippen LogP) is 3.78. The summed E-state index contributed by atoms with van der Waals surface area (Å²) in [6, 6.07) is 11.7. The Morgan fingerprint density at radius 2 is 2.17 bits per heavy atom. The van der Waals surface area contributed by atoms with Crippen LogP contribution in [0.3, 0.4) is 0 Å². The summed E-state index contributed by atoms with van der Waals surface area (Å²) in [5, 5.41) is 13.0. The number of hydrogen-bond donors (Lipinski definition) is 1. The zero-order valence-corrected chi connectivity index (χ0v) is 13.6. The highest BCUT2D eigenvalue weighted by Crippen LogP contribution is 2.23. The highest BCUT2D eigenvalue weighted by molar-refractivity contribution is 6.33. The van der Waals surface area contributed by atoms with Gasteiger partial charge < -0.3 is 9.88 Å². The molecule has 3 aromatic rings. The van der Waals surface area contributed by atoms with Crippen LogP contribution in [0.2, 0.25) is 5.02 Å². The number of anilines is 1. The highest BCUT2D eigenvalue weighted by atomic mass is 35.5. The van der Waals surface area contributed by atoms with E-state index < -0.39 is 0 Å². The Hall–Kier alpha value is -2.84. The molecule has 2 heterocycles. The SMILES string of the molecule is N#CCCn1cc(CC(=O)Nc2ccncc2Cl)c2ccccc21. The molecular weight excluding hydrogens is 324 g/mol. The van der Waals surface area contributed by atoms with Gasteiger partial charge in [0.1, 0.15) is 0 Å². The number of benzene rings is 1. The summed E-state index contributed by atoms with van der Waals surface area (Å²) in [6.07, 6.45) is 5.67. The Kier molecular flexibility index (Phi) is 4.78. The minimum atomic E-state index is -0.147. The molecule has 0 fully saturated rings. The number of para-hydroxylation sites is 1. The van der Waals surface area contributed by atoms with Gasteiger partial charge in [-0.1, -0.05) is 29.8 Å². The van der Waals surface area contributed by atoms with Gasteiger partial charge in [-0.3, -0.25) is 9.78 Å². The third-order valence-corrected chi connectivity index (χ3v) is 4.03. The molecule has 0 saturated carbocycles. The third-order valence-electron chi connectivity index (χ3n) is 3.73. The van der Waals surface area contributed by atoms with E-state index in [-0.39, 0.29) is 12.3 Å². The number of amides is 1. The number of pyridine rings is 1. The zero-order valence-electron chi connectivity index (χ0n) is 12.9.